The molecule has 0 aliphatic heterocycles. The lowest BCUT2D eigenvalue weighted by Gasteiger charge is -2.12. The van der Waals surface area contributed by atoms with Crippen molar-refractivity contribution in [3.63, 3.8) is 0 Å². The number of thiophene rings is 1. The van der Waals surface area contributed by atoms with E-state index in [2.05, 4.69) is 58.5 Å². The van der Waals surface area contributed by atoms with Gasteiger partial charge in [0.1, 0.15) is 0 Å². The first-order chi connectivity index (χ1) is 8.06. The van der Waals surface area contributed by atoms with Crippen LogP contribution >= 0.6 is 27.3 Å². The van der Waals surface area contributed by atoms with Crippen LogP contribution in [0.5, 0.6) is 0 Å². The SMILES string of the molecule is Cc1nn(C)cc1C(C)NCc1ccc(Br)s1. The number of hydrogen-bond donors (Lipinski definition) is 1. The van der Waals surface area contributed by atoms with E-state index in [0.29, 0.717) is 6.04 Å². The fourth-order valence-electron chi connectivity index (χ4n) is 1.85. The van der Waals surface area contributed by atoms with Crippen LogP contribution in [0.25, 0.3) is 0 Å². The molecule has 2 rings (SSSR count). The van der Waals surface area contributed by atoms with Gasteiger partial charge in [-0.15, -0.1) is 11.3 Å². The molecule has 1 unspecified atom stereocenters. The number of rotatable bonds is 4. The molecule has 0 aliphatic rings. The molecular formula is C12H16BrN3S. The topological polar surface area (TPSA) is 29.9 Å². The van der Waals surface area contributed by atoms with Crippen molar-refractivity contribution in [3.05, 3.63) is 38.3 Å². The largest absolute Gasteiger partial charge is 0.305 e. The van der Waals surface area contributed by atoms with Crippen molar-refractivity contribution in [2.75, 3.05) is 0 Å². The van der Waals surface area contributed by atoms with Gasteiger partial charge in [-0.05, 0) is 41.9 Å². The summed E-state index contributed by atoms with van der Waals surface area (Å²) in [6.07, 6.45) is 2.08. The molecule has 0 bridgehead atoms. The van der Waals surface area contributed by atoms with E-state index >= 15 is 0 Å². The second kappa shape index (κ2) is 5.33. The third-order valence-electron chi connectivity index (χ3n) is 2.73. The minimum atomic E-state index is 0.324. The second-order valence-corrected chi connectivity index (χ2v) is 6.70. The summed E-state index contributed by atoms with van der Waals surface area (Å²) in [5.74, 6) is 0. The summed E-state index contributed by atoms with van der Waals surface area (Å²) < 4.78 is 3.05. The molecule has 2 heterocycles. The molecule has 1 N–H and O–H groups in total. The van der Waals surface area contributed by atoms with E-state index < -0.39 is 0 Å². The highest BCUT2D eigenvalue weighted by Gasteiger charge is 2.11. The van der Waals surface area contributed by atoms with E-state index in [1.54, 1.807) is 11.3 Å². The molecule has 1 atom stereocenters. The molecule has 2 aromatic heterocycles. The molecular weight excluding hydrogens is 298 g/mol. The van der Waals surface area contributed by atoms with Crippen molar-refractivity contribution in [1.82, 2.24) is 15.1 Å². The lowest BCUT2D eigenvalue weighted by Crippen LogP contribution is -2.17. The van der Waals surface area contributed by atoms with E-state index in [-0.39, 0.29) is 0 Å². The van der Waals surface area contributed by atoms with Crippen molar-refractivity contribution in [3.8, 4) is 0 Å². The second-order valence-electron chi connectivity index (χ2n) is 4.15. The van der Waals surface area contributed by atoms with Crippen molar-refractivity contribution < 1.29 is 0 Å². The van der Waals surface area contributed by atoms with E-state index in [9.17, 15) is 0 Å². The van der Waals surface area contributed by atoms with Crippen LogP contribution in [0, 0.1) is 6.92 Å². The predicted molar refractivity (Wildman–Crippen MR) is 75.2 cm³/mol. The average molecular weight is 314 g/mol. The molecule has 0 fully saturated rings. The van der Waals surface area contributed by atoms with Gasteiger partial charge in [-0.25, -0.2) is 0 Å². The number of halogens is 1. The molecule has 0 amide bonds. The minimum absolute atomic E-state index is 0.324. The summed E-state index contributed by atoms with van der Waals surface area (Å²) in [6.45, 7) is 5.12. The van der Waals surface area contributed by atoms with Crippen LogP contribution in [-0.4, -0.2) is 9.78 Å². The predicted octanol–water partition coefficient (Wildman–Crippen LogP) is 3.40. The van der Waals surface area contributed by atoms with E-state index in [4.69, 9.17) is 0 Å². The van der Waals surface area contributed by atoms with Gasteiger partial charge < -0.3 is 5.32 Å². The van der Waals surface area contributed by atoms with Gasteiger partial charge in [0.05, 0.1) is 9.48 Å². The summed E-state index contributed by atoms with van der Waals surface area (Å²) >= 11 is 5.24. The summed E-state index contributed by atoms with van der Waals surface area (Å²) in [4.78, 5) is 1.34. The van der Waals surface area contributed by atoms with Gasteiger partial charge in [-0.1, -0.05) is 0 Å². The summed E-state index contributed by atoms with van der Waals surface area (Å²) in [6, 6.07) is 4.55. The number of aryl methyl sites for hydroxylation is 2. The molecule has 5 heteroatoms. The van der Waals surface area contributed by atoms with Crippen LogP contribution in [0.1, 0.15) is 29.1 Å². The van der Waals surface area contributed by atoms with Crippen LogP contribution in [0.15, 0.2) is 22.1 Å². The third-order valence-corrected chi connectivity index (χ3v) is 4.35. The zero-order chi connectivity index (χ0) is 12.4. The van der Waals surface area contributed by atoms with Crippen LogP contribution in [-0.2, 0) is 13.6 Å². The van der Waals surface area contributed by atoms with Gasteiger partial charge in [0, 0.05) is 36.3 Å². The van der Waals surface area contributed by atoms with Crippen LogP contribution in [0.4, 0.5) is 0 Å². The zero-order valence-electron chi connectivity index (χ0n) is 10.2. The monoisotopic (exact) mass is 313 g/mol. The Morgan fingerprint density at radius 1 is 1.53 bits per heavy atom. The standard InChI is InChI=1S/C12H16BrN3S/c1-8(11-7-16(3)15-9(11)2)14-6-10-4-5-12(13)17-10/h4-5,7-8,14H,6H2,1-3H3. The summed E-state index contributed by atoms with van der Waals surface area (Å²) in [7, 11) is 1.96. The molecule has 0 aromatic carbocycles. The molecule has 0 aliphatic carbocycles. The Morgan fingerprint density at radius 3 is 2.82 bits per heavy atom. The normalized spacial score (nSPS) is 12.9. The zero-order valence-corrected chi connectivity index (χ0v) is 12.6. The smallest absolute Gasteiger partial charge is 0.0701 e. The molecule has 3 nitrogen and oxygen atoms in total. The Labute approximate surface area is 114 Å². The van der Waals surface area contributed by atoms with Gasteiger partial charge in [-0.3, -0.25) is 4.68 Å². The van der Waals surface area contributed by atoms with Gasteiger partial charge >= 0.3 is 0 Å². The first-order valence-electron chi connectivity index (χ1n) is 5.54. The van der Waals surface area contributed by atoms with Gasteiger partial charge in [0.25, 0.3) is 0 Å². The van der Waals surface area contributed by atoms with E-state index in [1.165, 1.54) is 14.2 Å². The number of nitrogens with one attached hydrogen (secondary N) is 1. The third kappa shape index (κ3) is 3.18. The highest BCUT2D eigenvalue weighted by atomic mass is 79.9. The highest BCUT2D eigenvalue weighted by Crippen LogP contribution is 2.23. The maximum atomic E-state index is 4.36. The molecule has 17 heavy (non-hydrogen) atoms. The fourth-order valence-corrected chi connectivity index (χ4v) is 3.29. The van der Waals surface area contributed by atoms with Gasteiger partial charge in [0.15, 0.2) is 0 Å². The highest BCUT2D eigenvalue weighted by molar-refractivity contribution is 9.11. The van der Waals surface area contributed by atoms with E-state index in [0.717, 1.165) is 12.2 Å². The molecule has 0 radical (unpaired) electrons. The number of aromatic nitrogens is 2. The van der Waals surface area contributed by atoms with Crippen molar-refractivity contribution >= 4 is 27.3 Å². The average Bonchev–Trinajstić information content (AvgIpc) is 2.81. The van der Waals surface area contributed by atoms with Gasteiger partial charge in [-0.2, -0.15) is 5.10 Å². The van der Waals surface area contributed by atoms with Crippen LogP contribution < -0.4 is 5.32 Å². The quantitative estimate of drug-likeness (QED) is 0.937. The van der Waals surface area contributed by atoms with Crippen molar-refractivity contribution in [2.24, 2.45) is 7.05 Å². The molecule has 0 saturated heterocycles. The van der Waals surface area contributed by atoms with Gasteiger partial charge in [0.2, 0.25) is 0 Å². The van der Waals surface area contributed by atoms with E-state index in [1.807, 2.05) is 11.7 Å². The maximum absolute atomic E-state index is 4.36. The Bertz CT molecular complexity index is 504. The minimum Gasteiger partial charge on any atom is -0.305 e. The Kier molecular flexibility index (Phi) is 4.01. The lowest BCUT2D eigenvalue weighted by molar-refractivity contribution is 0.576. The first kappa shape index (κ1) is 12.8. The first-order valence-corrected chi connectivity index (χ1v) is 7.15. The van der Waals surface area contributed by atoms with Crippen LogP contribution in [0.2, 0.25) is 0 Å². The Morgan fingerprint density at radius 2 is 2.29 bits per heavy atom. The fraction of sp³-hybridized carbons (Fsp3) is 0.417. The molecule has 0 saturated carbocycles. The number of nitrogens with zero attached hydrogens (tertiary/aromatic N) is 2. The number of hydrogen-bond acceptors (Lipinski definition) is 3. The van der Waals surface area contributed by atoms with Crippen LogP contribution in [0.3, 0.4) is 0 Å². The van der Waals surface area contributed by atoms with Crippen molar-refractivity contribution in [1.29, 1.82) is 0 Å². The lowest BCUT2D eigenvalue weighted by atomic mass is 10.1. The summed E-state index contributed by atoms with van der Waals surface area (Å²) in [5.41, 5.74) is 2.36. The molecule has 92 valence electrons. The Hall–Kier alpha value is -0.650. The molecule has 0 spiro atoms. The van der Waals surface area contributed by atoms with Crippen molar-refractivity contribution in [2.45, 2.75) is 26.4 Å². The Balaban J connectivity index is 1.97. The maximum Gasteiger partial charge on any atom is 0.0701 e. The summed E-state index contributed by atoms with van der Waals surface area (Å²) in [5, 5.41) is 7.88. The molecule has 2 aromatic rings.